The molecule has 102 valence electrons. The molecule has 2 N–H and O–H groups in total. The fraction of sp³-hybridized carbons (Fsp3) is 0.200. The minimum atomic E-state index is -0.515. The molecule has 3 rings (SSSR count). The maximum atomic E-state index is 13.2. The molecule has 0 spiro atoms. The first kappa shape index (κ1) is 12.6. The number of nitrogens with zero attached hydrogens (tertiary/aromatic N) is 2. The van der Waals surface area contributed by atoms with Crippen molar-refractivity contribution >= 4 is 17.3 Å². The van der Waals surface area contributed by atoms with Crippen molar-refractivity contribution in [1.29, 1.82) is 0 Å². The highest BCUT2D eigenvalue weighted by Crippen LogP contribution is 2.32. The molecule has 4 nitrogen and oxygen atoms in total. The summed E-state index contributed by atoms with van der Waals surface area (Å²) in [6, 6.07) is 5.01. The number of fused-ring (bicyclic) bond motifs is 1. The van der Waals surface area contributed by atoms with E-state index in [1.165, 1.54) is 12.3 Å². The summed E-state index contributed by atoms with van der Waals surface area (Å²) in [5.41, 5.74) is 9.71. The second-order valence-electron chi connectivity index (χ2n) is 4.94. The minimum Gasteiger partial charge on any atom is -0.398 e. The van der Waals surface area contributed by atoms with Crippen molar-refractivity contribution < 1.29 is 9.18 Å². The molecule has 1 aromatic carbocycles. The van der Waals surface area contributed by atoms with Gasteiger partial charge >= 0.3 is 0 Å². The molecule has 1 amide bonds. The van der Waals surface area contributed by atoms with Gasteiger partial charge in [-0.15, -0.1) is 0 Å². The van der Waals surface area contributed by atoms with Crippen LogP contribution in [0.25, 0.3) is 0 Å². The number of aryl methyl sites for hydroxylation is 1. The van der Waals surface area contributed by atoms with Crippen molar-refractivity contribution in [2.45, 2.75) is 13.3 Å². The van der Waals surface area contributed by atoms with Gasteiger partial charge in [0.2, 0.25) is 0 Å². The zero-order chi connectivity index (χ0) is 14.3. The molecule has 1 aliphatic rings. The van der Waals surface area contributed by atoms with Crippen LogP contribution in [0.4, 0.5) is 15.8 Å². The Balaban J connectivity index is 1.99. The lowest BCUT2D eigenvalue weighted by Gasteiger charge is -2.18. The fourth-order valence-corrected chi connectivity index (χ4v) is 2.47. The van der Waals surface area contributed by atoms with E-state index in [0.29, 0.717) is 12.2 Å². The van der Waals surface area contributed by atoms with E-state index in [1.807, 2.05) is 19.1 Å². The number of carbonyl (C=O) groups excluding carboxylic acids is 1. The SMILES string of the molecule is Cc1cc2c(cc1N)N(C(=O)c1cncc(F)c1)CC2. The predicted octanol–water partition coefficient (Wildman–Crippen LogP) is 2.31. The zero-order valence-corrected chi connectivity index (χ0v) is 11.1. The normalized spacial score (nSPS) is 13.4. The van der Waals surface area contributed by atoms with Gasteiger partial charge in [0.15, 0.2) is 0 Å². The second-order valence-corrected chi connectivity index (χ2v) is 4.94. The van der Waals surface area contributed by atoms with E-state index in [9.17, 15) is 9.18 Å². The van der Waals surface area contributed by atoms with Gasteiger partial charge in [-0.3, -0.25) is 9.78 Å². The molecule has 5 heteroatoms. The number of nitrogen functional groups attached to an aromatic ring is 1. The Morgan fingerprint density at radius 1 is 1.35 bits per heavy atom. The molecule has 0 bridgehead atoms. The summed E-state index contributed by atoms with van der Waals surface area (Å²) in [4.78, 5) is 17.8. The number of anilines is 2. The van der Waals surface area contributed by atoms with Gasteiger partial charge in [0, 0.05) is 24.1 Å². The molecule has 2 heterocycles. The summed E-state index contributed by atoms with van der Waals surface area (Å²) in [7, 11) is 0. The van der Waals surface area contributed by atoms with E-state index in [0.717, 1.165) is 29.4 Å². The Hall–Kier alpha value is -2.43. The number of pyridine rings is 1. The number of halogens is 1. The van der Waals surface area contributed by atoms with Crippen molar-refractivity contribution in [2.24, 2.45) is 0 Å². The molecule has 0 saturated heterocycles. The number of benzene rings is 1. The standard InChI is InChI=1S/C15H14FN3O/c1-9-4-10-2-3-19(14(10)6-13(9)17)15(20)11-5-12(16)8-18-7-11/h4-8H,2-3,17H2,1H3. The van der Waals surface area contributed by atoms with Gasteiger partial charge in [-0.1, -0.05) is 6.07 Å². The average molecular weight is 271 g/mol. The van der Waals surface area contributed by atoms with Crippen molar-refractivity contribution in [2.75, 3.05) is 17.2 Å². The number of aromatic nitrogens is 1. The van der Waals surface area contributed by atoms with E-state index in [4.69, 9.17) is 5.73 Å². The molecule has 1 aliphatic heterocycles. The Morgan fingerprint density at radius 3 is 2.90 bits per heavy atom. The van der Waals surface area contributed by atoms with Gasteiger partial charge in [0.1, 0.15) is 5.82 Å². The topological polar surface area (TPSA) is 59.2 Å². The minimum absolute atomic E-state index is 0.247. The first-order chi connectivity index (χ1) is 9.56. The van der Waals surface area contributed by atoms with E-state index in [1.54, 1.807) is 4.90 Å². The Labute approximate surface area is 116 Å². The molecule has 0 radical (unpaired) electrons. The molecule has 0 fully saturated rings. The average Bonchev–Trinajstić information content (AvgIpc) is 2.81. The Bertz CT molecular complexity index is 700. The summed E-state index contributed by atoms with van der Waals surface area (Å²) >= 11 is 0. The van der Waals surface area contributed by atoms with Crippen LogP contribution in [0.1, 0.15) is 21.5 Å². The predicted molar refractivity (Wildman–Crippen MR) is 75.2 cm³/mol. The van der Waals surface area contributed by atoms with Gasteiger partial charge in [-0.25, -0.2) is 4.39 Å². The van der Waals surface area contributed by atoms with Crippen molar-refractivity contribution in [3.8, 4) is 0 Å². The number of rotatable bonds is 1. The van der Waals surface area contributed by atoms with Gasteiger partial charge in [-0.2, -0.15) is 0 Å². The smallest absolute Gasteiger partial charge is 0.259 e. The lowest BCUT2D eigenvalue weighted by Crippen LogP contribution is -2.29. The highest BCUT2D eigenvalue weighted by atomic mass is 19.1. The van der Waals surface area contributed by atoms with Gasteiger partial charge < -0.3 is 10.6 Å². The van der Waals surface area contributed by atoms with Crippen LogP contribution in [0.3, 0.4) is 0 Å². The second kappa shape index (κ2) is 4.59. The van der Waals surface area contributed by atoms with E-state index < -0.39 is 5.82 Å². The molecule has 1 aromatic heterocycles. The summed E-state index contributed by atoms with van der Waals surface area (Å²) in [6.07, 6.45) is 3.24. The monoisotopic (exact) mass is 271 g/mol. The molecule has 20 heavy (non-hydrogen) atoms. The molecule has 0 unspecified atom stereocenters. The zero-order valence-electron chi connectivity index (χ0n) is 11.1. The molecule has 2 aromatic rings. The number of nitrogens with two attached hydrogens (primary N) is 1. The first-order valence-electron chi connectivity index (χ1n) is 6.37. The van der Waals surface area contributed by atoms with E-state index >= 15 is 0 Å². The largest absolute Gasteiger partial charge is 0.398 e. The summed E-state index contributed by atoms with van der Waals surface area (Å²) in [5, 5.41) is 0. The van der Waals surface area contributed by atoms with Crippen molar-refractivity contribution in [3.63, 3.8) is 0 Å². The third kappa shape index (κ3) is 2.01. The lowest BCUT2D eigenvalue weighted by atomic mass is 10.1. The van der Waals surface area contributed by atoms with Crippen LogP contribution in [0.15, 0.2) is 30.6 Å². The highest BCUT2D eigenvalue weighted by Gasteiger charge is 2.26. The molecular formula is C15H14FN3O. The van der Waals surface area contributed by atoms with Crippen LogP contribution in [0.5, 0.6) is 0 Å². The third-order valence-electron chi connectivity index (χ3n) is 3.56. The van der Waals surface area contributed by atoms with Crippen LogP contribution < -0.4 is 10.6 Å². The Morgan fingerprint density at radius 2 is 2.15 bits per heavy atom. The summed E-state index contributed by atoms with van der Waals surface area (Å²) in [6.45, 7) is 2.52. The lowest BCUT2D eigenvalue weighted by molar-refractivity contribution is 0.0988. The molecule has 0 atom stereocenters. The number of hydrogen-bond acceptors (Lipinski definition) is 3. The van der Waals surface area contributed by atoms with Crippen LogP contribution in [-0.2, 0) is 6.42 Å². The fourth-order valence-electron chi connectivity index (χ4n) is 2.47. The first-order valence-corrected chi connectivity index (χ1v) is 6.37. The van der Waals surface area contributed by atoms with Gasteiger partial charge in [-0.05, 0) is 36.6 Å². The third-order valence-corrected chi connectivity index (χ3v) is 3.56. The maximum Gasteiger partial charge on any atom is 0.259 e. The van der Waals surface area contributed by atoms with Gasteiger partial charge in [0.25, 0.3) is 5.91 Å². The van der Waals surface area contributed by atoms with Crippen LogP contribution in [-0.4, -0.2) is 17.4 Å². The molecular weight excluding hydrogens is 257 g/mol. The number of amides is 1. The van der Waals surface area contributed by atoms with Crippen LogP contribution >= 0.6 is 0 Å². The number of hydrogen-bond donors (Lipinski definition) is 1. The molecule has 0 saturated carbocycles. The van der Waals surface area contributed by atoms with Crippen LogP contribution in [0, 0.1) is 12.7 Å². The van der Waals surface area contributed by atoms with E-state index in [-0.39, 0.29) is 11.5 Å². The summed E-state index contributed by atoms with van der Waals surface area (Å²) < 4.78 is 13.2. The van der Waals surface area contributed by atoms with Crippen molar-refractivity contribution in [1.82, 2.24) is 4.98 Å². The Kier molecular flexibility index (Phi) is 2.89. The molecule has 0 aliphatic carbocycles. The van der Waals surface area contributed by atoms with Gasteiger partial charge in [0.05, 0.1) is 11.8 Å². The highest BCUT2D eigenvalue weighted by molar-refractivity contribution is 6.07. The van der Waals surface area contributed by atoms with Crippen LogP contribution in [0.2, 0.25) is 0 Å². The quantitative estimate of drug-likeness (QED) is 0.810. The van der Waals surface area contributed by atoms with Crippen molar-refractivity contribution in [3.05, 3.63) is 53.1 Å². The van der Waals surface area contributed by atoms with E-state index in [2.05, 4.69) is 4.98 Å². The summed E-state index contributed by atoms with van der Waals surface area (Å²) in [5.74, 6) is -0.766. The maximum absolute atomic E-state index is 13.2. The number of carbonyl (C=O) groups is 1.